The number of hydrogen-bond acceptors (Lipinski definition) is 2. The third kappa shape index (κ3) is 3.46. The third-order valence-corrected chi connectivity index (χ3v) is 4.82. The first-order valence-corrected chi connectivity index (χ1v) is 8.03. The molecular weight excluding hydrogens is 260 g/mol. The van der Waals surface area contributed by atoms with Crippen LogP contribution in [0, 0.1) is 5.41 Å². The lowest BCUT2D eigenvalue weighted by Gasteiger charge is -2.31. The minimum atomic E-state index is -0.299. The molecule has 1 aromatic carbocycles. The Morgan fingerprint density at radius 3 is 2.29 bits per heavy atom. The van der Waals surface area contributed by atoms with E-state index in [0.29, 0.717) is 19.0 Å². The summed E-state index contributed by atoms with van der Waals surface area (Å²) < 4.78 is 0. The van der Waals surface area contributed by atoms with Crippen LogP contribution in [-0.4, -0.2) is 24.4 Å². The predicted octanol–water partition coefficient (Wildman–Crippen LogP) is 3.29. The Kier molecular flexibility index (Phi) is 5.04. The fourth-order valence-electron chi connectivity index (χ4n) is 3.32. The van der Waals surface area contributed by atoms with E-state index in [9.17, 15) is 4.79 Å². The Morgan fingerprint density at radius 2 is 1.81 bits per heavy atom. The molecule has 0 bridgehead atoms. The highest BCUT2D eigenvalue weighted by Crippen LogP contribution is 2.38. The van der Waals surface area contributed by atoms with Crippen LogP contribution in [0.4, 0.5) is 0 Å². The Bertz CT molecular complexity index is 472. The Hall–Kier alpha value is -1.35. The van der Waals surface area contributed by atoms with Crippen molar-refractivity contribution in [3.63, 3.8) is 0 Å². The molecule has 0 unspecified atom stereocenters. The van der Waals surface area contributed by atoms with Crippen LogP contribution in [0.1, 0.15) is 56.6 Å². The number of amides is 1. The van der Waals surface area contributed by atoms with E-state index in [1.54, 1.807) is 0 Å². The number of nitrogens with two attached hydrogens (primary N) is 1. The summed E-state index contributed by atoms with van der Waals surface area (Å²) in [6, 6.07) is 8.57. The Labute approximate surface area is 128 Å². The lowest BCUT2D eigenvalue weighted by atomic mass is 9.84. The number of carbonyl (C=O) groups is 1. The van der Waals surface area contributed by atoms with E-state index in [2.05, 4.69) is 38.1 Å². The summed E-state index contributed by atoms with van der Waals surface area (Å²) in [6.45, 7) is 5.52. The van der Waals surface area contributed by atoms with Crippen LogP contribution < -0.4 is 5.73 Å². The molecule has 21 heavy (non-hydrogen) atoms. The van der Waals surface area contributed by atoms with Gasteiger partial charge < -0.3 is 10.6 Å². The summed E-state index contributed by atoms with van der Waals surface area (Å²) in [5, 5.41) is 0. The van der Waals surface area contributed by atoms with Gasteiger partial charge in [-0.3, -0.25) is 4.79 Å². The van der Waals surface area contributed by atoms with Crippen molar-refractivity contribution in [2.24, 2.45) is 11.1 Å². The molecule has 1 aliphatic carbocycles. The average molecular weight is 288 g/mol. The lowest BCUT2D eigenvalue weighted by molar-refractivity contribution is -0.140. The first-order valence-electron chi connectivity index (χ1n) is 8.03. The van der Waals surface area contributed by atoms with Crippen LogP contribution in [0.15, 0.2) is 24.3 Å². The Balaban J connectivity index is 2.03. The molecule has 0 heterocycles. The van der Waals surface area contributed by atoms with Crippen molar-refractivity contribution < 1.29 is 4.79 Å². The van der Waals surface area contributed by atoms with Gasteiger partial charge in [0.2, 0.25) is 5.91 Å². The molecule has 3 heteroatoms. The van der Waals surface area contributed by atoms with Crippen molar-refractivity contribution in [3.05, 3.63) is 35.4 Å². The second-order valence-corrected chi connectivity index (χ2v) is 6.75. The molecule has 0 spiro atoms. The van der Waals surface area contributed by atoms with E-state index in [1.807, 2.05) is 11.9 Å². The average Bonchev–Trinajstić information content (AvgIpc) is 2.97. The lowest BCUT2D eigenvalue weighted by Crippen LogP contribution is -2.44. The van der Waals surface area contributed by atoms with Gasteiger partial charge >= 0.3 is 0 Å². The van der Waals surface area contributed by atoms with Gasteiger partial charge in [-0.05, 0) is 29.9 Å². The molecule has 1 saturated carbocycles. The molecule has 0 radical (unpaired) electrons. The van der Waals surface area contributed by atoms with Gasteiger partial charge in [0.15, 0.2) is 0 Å². The summed E-state index contributed by atoms with van der Waals surface area (Å²) in [7, 11) is 1.90. The molecule has 0 atom stereocenters. The van der Waals surface area contributed by atoms with Gasteiger partial charge in [-0.2, -0.15) is 0 Å². The van der Waals surface area contributed by atoms with E-state index < -0.39 is 0 Å². The zero-order valence-corrected chi connectivity index (χ0v) is 13.6. The van der Waals surface area contributed by atoms with Crippen molar-refractivity contribution in [2.75, 3.05) is 13.6 Å². The predicted molar refractivity (Wildman–Crippen MR) is 87.0 cm³/mol. The first-order chi connectivity index (χ1) is 9.98. The van der Waals surface area contributed by atoms with Gasteiger partial charge in [0.05, 0.1) is 5.41 Å². The summed E-state index contributed by atoms with van der Waals surface area (Å²) in [4.78, 5) is 14.6. The maximum Gasteiger partial charge on any atom is 0.230 e. The highest BCUT2D eigenvalue weighted by Gasteiger charge is 2.41. The molecule has 1 aromatic rings. The summed E-state index contributed by atoms with van der Waals surface area (Å²) >= 11 is 0. The van der Waals surface area contributed by atoms with Gasteiger partial charge in [-0.1, -0.05) is 51.0 Å². The van der Waals surface area contributed by atoms with Crippen LogP contribution in [-0.2, 0) is 11.3 Å². The number of carbonyl (C=O) groups excluding carboxylic acids is 1. The summed E-state index contributed by atoms with van der Waals surface area (Å²) in [5.74, 6) is 0.757. The van der Waals surface area contributed by atoms with Crippen LogP contribution in [0.2, 0.25) is 0 Å². The molecule has 0 aliphatic heterocycles. The number of nitrogens with zero attached hydrogens (tertiary/aromatic N) is 1. The SMILES string of the molecule is CC(C)c1ccc(CN(C)C(=O)C2(CN)CCCC2)cc1. The highest BCUT2D eigenvalue weighted by molar-refractivity contribution is 5.83. The fraction of sp³-hybridized carbons (Fsp3) is 0.611. The molecule has 2 rings (SSSR count). The second-order valence-electron chi connectivity index (χ2n) is 6.75. The maximum atomic E-state index is 12.7. The first kappa shape index (κ1) is 16.0. The molecule has 0 saturated heterocycles. The van der Waals surface area contributed by atoms with Crippen LogP contribution >= 0.6 is 0 Å². The standard InChI is InChI=1S/C18H28N2O/c1-14(2)16-8-6-15(7-9-16)12-20(3)17(21)18(13-19)10-4-5-11-18/h6-9,14H,4-5,10-13,19H2,1-3H3. The second kappa shape index (κ2) is 6.61. The summed E-state index contributed by atoms with van der Waals surface area (Å²) in [5.41, 5.74) is 8.12. The smallest absolute Gasteiger partial charge is 0.230 e. The number of hydrogen-bond donors (Lipinski definition) is 1. The fourth-order valence-corrected chi connectivity index (χ4v) is 3.32. The van der Waals surface area contributed by atoms with E-state index >= 15 is 0 Å². The van der Waals surface area contributed by atoms with Gasteiger partial charge in [0.25, 0.3) is 0 Å². The van der Waals surface area contributed by atoms with Crippen molar-refractivity contribution in [1.29, 1.82) is 0 Å². The van der Waals surface area contributed by atoms with Gasteiger partial charge in [-0.25, -0.2) is 0 Å². The number of rotatable bonds is 5. The van der Waals surface area contributed by atoms with Crippen molar-refractivity contribution in [2.45, 2.75) is 52.0 Å². The minimum Gasteiger partial charge on any atom is -0.341 e. The molecule has 1 amide bonds. The van der Waals surface area contributed by atoms with E-state index in [4.69, 9.17) is 5.73 Å². The monoisotopic (exact) mass is 288 g/mol. The topological polar surface area (TPSA) is 46.3 Å². The maximum absolute atomic E-state index is 12.7. The van der Waals surface area contributed by atoms with E-state index in [-0.39, 0.29) is 11.3 Å². The van der Waals surface area contributed by atoms with Crippen LogP contribution in [0.3, 0.4) is 0 Å². The molecule has 0 aromatic heterocycles. The van der Waals surface area contributed by atoms with Gasteiger partial charge in [0, 0.05) is 20.1 Å². The zero-order valence-electron chi connectivity index (χ0n) is 13.6. The molecule has 1 fully saturated rings. The summed E-state index contributed by atoms with van der Waals surface area (Å²) in [6.07, 6.45) is 4.14. The van der Waals surface area contributed by atoms with Crippen LogP contribution in [0.5, 0.6) is 0 Å². The molecule has 3 nitrogen and oxygen atoms in total. The number of benzene rings is 1. The molecular formula is C18H28N2O. The van der Waals surface area contributed by atoms with Gasteiger partial charge in [0.1, 0.15) is 0 Å². The van der Waals surface area contributed by atoms with Gasteiger partial charge in [-0.15, -0.1) is 0 Å². The van der Waals surface area contributed by atoms with Crippen molar-refractivity contribution in [3.8, 4) is 0 Å². The zero-order chi connectivity index (χ0) is 15.5. The van der Waals surface area contributed by atoms with E-state index in [0.717, 1.165) is 25.7 Å². The normalized spacial score (nSPS) is 17.2. The van der Waals surface area contributed by atoms with Crippen molar-refractivity contribution >= 4 is 5.91 Å². The highest BCUT2D eigenvalue weighted by atomic mass is 16.2. The largest absolute Gasteiger partial charge is 0.341 e. The van der Waals surface area contributed by atoms with E-state index in [1.165, 1.54) is 11.1 Å². The molecule has 1 aliphatic rings. The molecule has 2 N–H and O–H groups in total. The quantitative estimate of drug-likeness (QED) is 0.903. The minimum absolute atomic E-state index is 0.218. The van der Waals surface area contributed by atoms with Crippen LogP contribution in [0.25, 0.3) is 0 Å². The Morgan fingerprint density at radius 1 is 1.24 bits per heavy atom. The molecule has 116 valence electrons. The van der Waals surface area contributed by atoms with Crippen molar-refractivity contribution in [1.82, 2.24) is 4.90 Å². The third-order valence-electron chi connectivity index (χ3n) is 4.82.